The molecule has 0 aliphatic carbocycles. The lowest BCUT2D eigenvalue weighted by atomic mass is 10.0. The van der Waals surface area contributed by atoms with Crippen molar-refractivity contribution < 1.29 is 24.2 Å². The van der Waals surface area contributed by atoms with E-state index >= 15 is 0 Å². The summed E-state index contributed by atoms with van der Waals surface area (Å²) in [5.41, 5.74) is 0.812. The van der Waals surface area contributed by atoms with E-state index in [9.17, 15) is 24.6 Å². The summed E-state index contributed by atoms with van der Waals surface area (Å²) in [5, 5.41) is 22.1. The van der Waals surface area contributed by atoms with Crippen LogP contribution in [-0.2, 0) is 16.0 Å². The molecule has 2 rings (SSSR count). The molecule has 1 unspecified atom stereocenters. The van der Waals surface area contributed by atoms with Gasteiger partial charge in [-0.3, -0.25) is 4.79 Å². The van der Waals surface area contributed by atoms with Gasteiger partial charge in [-0.15, -0.1) is 0 Å². The molecular formula is C19H23NO6S. The molecule has 1 atom stereocenters. The summed E-state index contributed by atoms with van der Waals surface area (Å²) < 4.78 is 5.30. The summed E-state index contributed by atoms with van der Waals surface area (Å²) in [7, 11) is 0. The molecule has 0 aliphatic rings. The molecule has 7 nitrogen and oxygen atoms in total. The highest BCUT2D eigenvalue weighted by Gasteiger charge is 2.22. The third kappa shape index (κ3) is 4.82. The van der Waals surface area contributed by atoms with Crippen molar-refractivity contribution in [2.24, 2.45) is 0 Å². The van der Waals surface area contributed by atoms with Crippen LogP contribution in [-0.4, -0.2) is 39.6 Å². The van der Waals surface area contributed by atoms with Gasteiger partial charge in [0, 0.05) is 10.9 Å². The molecule has 0 spiro atoms. The van der Waals surface area contributed by atoms with E-state index in [1.807, 2.05) is 6.92 Å². The zero-order chi connectivity index (χ0) is 20.1. The Morgan fingerprint density at radius 1 is 1.26 bits per heavy atom. The van der Waals surface area contributed by atoms with E-state index in [0.717, 1.165) is 5.75 Å². The van der Waals surface area contributed by atoms with Crippen molar-refractivity contribution in [3.8, 4) is 5.75 Å². The van der Waals surface area contributed by atoms with E-state index in [2.05, 4.69) is 5.32 Å². The molecule has 1 aromatic heterocycles. The summed E-state index contributed by atoms with van der Waals surface area (Å²) in [6, 6.07) is 2.13. The smallest absolute Gasteiger partial charge is 0.340 e. The van der Waals surface area contributed by atoms with Gasteiger partial charge in [-0.2, -0.15) is 11.8 Å². The number of carboxylic acids is 1. The van der Waals surface area contributed by atoms with Crippen LogP contribution in [0.4, 0.5) is 0 Å². The van der Waals surface area contributed by atoms with E-state index < -0.39 is 23.5 Å². The Morgan fingerprint density at radius 3 is 2.59 bits per heavy atom. The van der Waals surface area contributed by atoms with E-state index in [0.29, 0.717) is 28.7 Å². The van der Waals surface area contributed by atoms with Gasteiger partial charge < -0.3 is 19.9 Å². The predicted octanol–water partition coefficient (Wildman–Crippen LogP) is 2.37. The van der Waals surface area contributed by atoms with Gasteiger partial charge in [0.2, 0.25) is 5.91 Å². The lowest BCUT2D eigenvalue weighted by Crippen LogP contribution is -2.42. The fraction of sp³-hybridized carbons (Fsp3) is 0.421. The van der Waals surface area contributed by atoms with Gasteiger partial charge in [0.25, 0.3) is 0 Å². The number of carbonyl (C=O) groups is 2. The molecule has 1 amide bonds. The fourth-order valence-corrected chi connectivity index (χ4v) is 3.48. The van der Waals surface area contributed by atoms with Gasteiger partial charge in [0.1, 0.15) is 17.4 Å². The summed E-state index contributed by atoms with van der Waals surface area (Å²) in [4.78, 5) is 36.0. The molecular weight excluding hydrogens is 370 g/mol. The van der Waals surface area contributed by atoms with E-state index in [-0.39, 0.29) is 23.3 Å². The van der Waals surface area contributed by atoms with Crippen molar-refractivity contribution in [3.05, 3.63) is 39.2 Å². The molecule has 0 bridgehead atoms. The van der Waals surface area contributed by atoms with Gasteiger partial charge in [0.15, 0.2) is 0 Å². The Labute approximate surface area is 160 Å². The Bertz CT molecular complexity index is 921. The zero-order valence-electron chi connectivity index (χ0n) is 15.5. The van der Waals surface area contributed by atoms with Gasteiger partial charge in [-0.25, -0.2) is 9.59 Å². The van der Waals surface area contributed by atoms with Crippen molar-refractivity contribution in [1.29, 1.82) is 0 Å². The van der Waals surface area contributed by atoms with Crippen LogP contribution in [0.1, 0.15) is 30.0 Å². The summed E-state index contributed by atoms with van der Waals surface area (Å²) >= 11 is 1.59. The second-order valence-electron chi connectivity index (χ2n) is 6.20. The molecule has 1 aromatic carbocycles. The number of amides is 1. The minimum atomic E-state index is -1.10. The third-order valence-corrected chi connectivity index (χ3v) is 5.33. The second-order valence-corrected chi connectivity index (χ2v) is 7.59. The predicted molar refractivity (Wildman–Crippen MR) is 105 cm³/mol. The van der Waals surface area contributed by atoms with Crippen LogP contribution in [0.5, 0.6) is 5.75 Å². The number of aliphatic carboxylic acids is 1. The minimum Gasteiger partial charge on any atom is -0.508 e. The standard InChI is InChI=1S/C19H23NO6S/c1-4-27-8-7-14(18(23)24)20-16(22)9-13-10(2)12-5-6-15(21)11(3)17(12)26-19(13)25/h5-6,14,21H,4,7-9H2,1-3H3,(H,20,22)(H,23,24). The van der Waals surface area contributed by atoms with Crippen molar-refractivity contribution in [2.75, 3.05) is 11.5 Å². The monoisotopic (exact) mass is 393 g/mol. The average Bonchev–Trinajstić information content (AvgIpc) is 2.61. The van der Waals surface area contributed by atoms with Crippen LogP contribution in [0.3, 0.4) is 0 Å². The molecule has 3 N–H and O–H groups in total. The second kappa shape index (κ2) is 8.94. The third-order valence-electron chi connectivity index (χ3n) is 4.40. The van der Waals surface area contributed by atoms with Crippen LogP contribution >= 0.6 is 11.8 Å². The Kier molecular flexibility index (Phi) is 6.90. The number of carbonyl (C=O) groups excluding carboxylic acids is 1. The Balaban J connectivity index is 2.24. The van der Waals surface area contributed by atoms with Crippen molar-refractivity contribution in [2.45, 2.75) is 39.7 Å². The molecule has 0 saturated heterocycles. The summed E-state index contributed by atoms with van der Waals surface area (Å²) in [6.07, 6.45) is 0.0398. The van der Waals surface area contributed by atoms with Crippen LogP contribution in [0.15, 0.2) is 21.3 Å². The van der Waals surface area contributed by atoms with Crippen LogP contribution in [0, 0.1) is 13.8 Å². The molecule has 146 valence electrons. The molecule has 27 heavy (non-hydrogen) atoms. The summed E-state index contributed by atoms with van der Waals surface area (Å²) in [6.45, 7) is 5.31. The molecule has 0 saturated carbocycles. The molecule has 1 heterocycles. The molecule has 0 fully saturated rings. The Hall–Kier alpha value is -2.48. The molecule has 2 aromatic rings. The normalized spacial score (nSPS) is 12.1. The fourth-order valence-electron chi connectivity index (χ4n) is 2.79. The number of aryl methyl sites for hydroxylation is 2. The van der Waals surface area contributed by atoms with Crippen molar-refractivity contribution >= 4 is 34.6 Å². The number of benzene rings is 1. The SMILES string of the molecule is CCSCCC(NC(=O)Cc1c(C)c2ccc(O)c(C)c2oc1=O)C(=O)O. The number of aromatic hydroxyl groups is 1. The van der Waals surface area contributed by atoms with E-state index in [1.54, 1.807) is 31.7 Å². The number of carboxylic acid groups (broad SMARTS) is 1. The Morgan fingerprint density at radius 2 is 1.96 bits per heavy atom. The maximum Gasteiger partial charge on any atom is 0.340 e. The van der Waals surface area contributed by atoms with Crippen LogP contribution < -0.4 is 10.9 Å². The lowest BCUT2D eigenvalue weighted by Gasteiger charge is -2.15. The molecule has 8 heteroatoms. The first-order valence-corrected chi connectivity index (χ1v) is 9.76. The number of rotatable bonds is 8. The lowest BCUT2D eigenvalue weighted by molar-refractivity contribution is -0.141. The highest BCUT2D eigenvalue weighted by atomic mass is 32.2. The first-order chi connectivity index (χ1) is 12.8. The van der Waals surface area contributed by atoms with Gasteiger partial charge in [-0.1, -0.05) is 6.92 Å². The maximum absolute atomic E-state index is 12.3. The van der Waals surface area contributed by atoms with Crippen molar-refractivity contribution in [1.82, 2.24) is 5.32 Å². The van der Waals surface area contributed by atoms with E-state index in [4.69, 9.17) is 4.42 Å². The number of phenols is 1. The highest BCUT2D eigenvalue weighted by Crippen LogP contribution is 2.28. The van der Waals surface area contributed by atoms with Gasteiger partial charge >= 0.3 is 11.6 Å². The topological polar surface area (TPSA) is 117 Å². The van der Waals surface area contributed by atoms with Crippen molar-refractivity contribution in [3.63, 3.8) is 0 Å². The maximum atomic E-state index is 12.3. The number of nitrogens with one attached hydrogen (secondary N) is 1. The number of fused-ring (bicyclic) bond motifs is 1. The van der Waals surface area contributed by atoms with Crippen LogP contribution in [0.2, 0.25) is 0 Å². The van der Waals surface area contributed by atoms with Crippen LogP contribution in [0.25, 0.3) is 11.0 Å². The first-order valence-electron chi connectivity index (χ1n) is 8.61. The summed E-state index contributed by atoms with van der Waals surface area (Å²) in [5.74, 6) is -0.146. The number of phenolic OH excluding ortho intramolecular Hbond substituents is 1. The quantitative estimate of drug-likeness (QED) is 0.465. The molecule has 0 radical (unpaired) electrons. The number of hydrogen-bond acceptors (Lipinski definition) is 6. The first kappa shape index (κ1) is 20.8. The highest BCUT2D eigenvalue weighted by molar-refractivity contribution is 7.99. The van der Waals surface area contributed by atoms with Gasteiger partial charge in [0.05, 0.1) is 12.0 Å². The van der Waals surface area contributed by atoms with E-state index in [1.165, 1.54) is 6.07 Å². The minimum absolute atomic E-state index is 0.0183. The average molecular weight is 393 g/mol. The zero-order valence-corrected chi connectivity index (χ0v) is 16.3. The largest absolute Gasteiger partial charge is 0.508 e. The van der Waals surface area contributed by atoms with Gasteiger partial charge in [-0.05, 0) is 49.5 Å². The number of hydrogen-bond donors (Lipinski definition) is 3. The number of thioether (sulfide) groups is 1. The molecule has 0 aliphatic heterocycles.